The molecule has 0 amide bonds. The van der Waals surface area contributed by atoms with E-state index >= 15 is 0 Å². The topological polar surface area (TPSA) is 71.9 Å². The number of aryl methyl sites for hydroxylation is 2. The van der Waals surface area contributed by atoms with E-state index < -0.39 is 0 Å². The minimum Gasteiger partial charge on any atom is -0.439 e. The zero-order chi connectivity index (χ0) is 16.2. The number of thiophene rings is 1. The Morgan fingerprint density at radius 1 is 1.35 bits per heavy atom. The molecule has 4 nitrogen and oxygen atoms in total. The number of nitriles is 1. The first-order chi connectivity index (χ1) is 11.1. The molecule has 0 atom stereocenters. The number of aromatic nitrogens is 1. The van der Waals surface area contributed by atoms with Crippen LogP contribution in [0.25, 0.3) is 10.2 Å². The van der Waals surface area contributed by atoms with Crippen LogP contribution in [0.5, 0.6) is 5.75 Å². The van der Waals surface area contributed by atoms with Crippen LogP contribution in [0.2, 0.25) is 0 Å². The average molecular weight is 343 g/mol. The molecule has 1 spiro atoms. The number of pyridine rings is 1. The molecule has 6 heteroatoms. The summed E-state index contributed by atoms with van der Waals surface area (Å²) in [6.07, 6.45) is 1.87. The molecule has 1 saturated heterocycles. The summed E-state index contributed by atoms with van der Waals surface area (Å²) < 4.78 is 5.94. The lowest BCUT2D eigenvalue weighted by atomic mass is 9.73. The SMILES string of the molecule is Cc1cc(C)c2c3c(sc2n1)C1(CCSCC1)C(C#N)=C(N)O3. The molecule has 0 radical (unpaired) electrons. The van der Waals surface area contributed by atoms with E-state index in [1.165, 1.54) is 0 Å². The number of thioether (sulfide) groups is 1. The lowest BCUT2D eigenvalue weighted by Crippen LogP contribution is -2.37. The highest BCUT2D eigenvalue weighted by Gasteiger charge is 2.47. The van der Waals surface area contributed by atoms with Gasteiger partial charge in [0.05, 0.1) is 15.7 Å². The van der Waals surface area contributed by atoms with E-state index in [0.29, 0.717) is 5.57 Å². The predicted octanol–water partition coefficient (Wildman–Crippen LogP) is 3.76. The third-order valence-corrected chi connectivity index (χ3v) is 7.03. The zero-order valence-electron chi connectivity index (χ0n) is 13.1. The molecule has 4 rings (SSSR count). The third kappa shape index (κ3) is 2.00. The van der Waals surface area contributed by atoms with Crippen LogP contribution in [-0.4, -0.2) is 16.5 Å². The van der Waals surface area contributed by atoms with E-state index in [0.717, 1.165) is 56.4 Å². The summed E-state index contributed by atoms with van der Waals surface area (Å²) >= 11 is 3.61. The highest BCUT2D eigenvalue weighted by Crippen LogP contribution is 2.56. The van der Waals surface area contributed by atoms with Gasteiger partial charge in [-0.2, -0.15) is 17.0 Å². The molecule has 2 N–H and O–H groups in total. The molecule has 4 heterocycles. The van der Waals surface area contributed by atoms with Gasteiger partial charge in [0.25, 0.3) is 0 Å². The summed E-state index contributed by atoms with van der Waals surface area (Å²) in [5.41, 5.74) is 8.62. The van der Waals surface area contributed by atoms with Gasteiger partial charge in [0, 0.05) is 5.69 Å². The molecule has 2 aromatic heterocycles. The highest BCUT2D eigenvalue weighted by molar-refractivity contribution is 7.99. The van der Waals surface area contributed by atoms with Gasteiger partial charge in [-0.3, -0.25) is 0 Å². The largest absolute Gasteiger partial charge is 0.439 e. The summed E-state index contributed by atoms with van der Waals surface area (Å²) in [4.78, 5) is 6.81. The number of allylic oxidation sites excluding steroid dienone is 1. The van der Waals surface area contributed by atoms with Crippen LogP contribution >= 0.6 is 23.1 Å². The van der Waals surface area contributed by atoms with Crippen LogP contribution in [0, 0.1) is 25.2 Å². The maximum absolute atomic E-state index is 9.69. The van der Waals surface area contributed by atoms with Gasteiger partial charge in [-0.25, -0.2) is 4.98 Å². The van der Waals surface area contributed by atoms with E-state index in [-0.39, 0.29) is 11.3 Å². The highest BCUT2D eigenvalue weighted by atomic mass is 32.2. The first-order valence-electron chi connectivity index (χ1n) is 7.64. The minimum atomic E-state index is -0.288. The second-order valence-electron chi connectivity index (χ2n) is 6.17. The van der Waals surface area contributed by atoms with E-state index in [1.54, 1.807) is 11.3 Å². The van der Waals surface area contributed by atoms with Crippen LogP contribution in [0.4, 0.5) is 0 Å². The van der Waals surface area contributed by atoms with Crippen LogP contribution in [0.15, 0.2) is 17.5 Å². The Balaban J connectivity index is 2.05. The van der Waals surface area contributed by atoms with E-state index in [9.17, 15) is 5.26 Å². The molecule has 2 aromatic rings. The number of hydrogen-bond donors (Lipinski definition) is 1. The number of nitrogens with two attached hydrogens (primary N) is 1. The third-order valence-electron chi connectivity index (χ3n) is 4.77. The minimum absolute atomic E-state index is 0.270. The average Bonchev–Trinajstić information content (AvgIpc) is 2.87. The summed E-state index contributed by atoms with van der Waals surface area (Å²) in [6.45, 7) is 4.09. The Hall–Kier alpha value is -1.71. The van der Waals surface area contributed by atoms with Gasteiger partial charge in [0.2, 0.25) is 5.88 Å². The van der Waals surface area contributed by atoms with E-state index in [4.69, 9.17) is 10.5 Å². The Bertz CT molecular complexity index is 885. The van der Waals surface area contributed by atoms with Crippen molar-refractivity contribution in [3.63, 3.8) is 0 Å². The van der Waals surface area contributed by atoms with Crippen molar-refractivity contribution in [2.24, 2.45) is 5.73 Å². The van der Waals surface area contributed by atoms with Crippen molar-refractivity contribution in [1.29, 1.82) is 5.26 Å². The Morgan fingerprint density at radius 2 is 2.09 bits per heavy atom. The molecule has 2 aliphatic rings. The van der Waals surface area contributed by atoms with Crippen LogP contribution in [0.3, 0.4) is 0 Å². The fourth-order valence-corrected chi connectivity index (χ4v) is 6.36. The number of hydrogen-bond acceptors (Lipinski definition) is 6. The van der Waals surface area contributed by atoms with Gasteiger partial charge in [0.15, 0.2) is 5.75 Å². The number of fused-ring (bicyclic) bond motifs is 4. The van der Waals surface area contributed by atoms with Crippen molar-refractivity contribution in [1.82, 2.24) is 4.98 Å². The second kappa shape index (κ2) is 5.15. The number of rotatable bonds is 0. The fraction of sp³-hybridized carbons (Fsp3) is 0.412. The Morgan fingerprint density at radius 3 is 2.78 bits per heavy atom. The molecule has 23 heavy (non-hydrogen) atoms. The van der Waals surface area contributed by atoms with E-state index in [1.807, 2.05) is 18.7 Å². The molecule has 0 aromatic carbocycles. The van der Waals surface area contributed by atoms with Gasteiger partial charge in [-0.05, 0) is 49.8 Å². The van der Waals surface area contributed by atoms with Gasteiger partial charge >= 0.3 is 0 Å². The Kier molecular flexibility index (Phi) is 3.33. The monoisotopic (exact) mass is 343 g/mol. The Labute approximate surface area is 143 Å². The molecule has 118 valence electrons. The van der Waals surface area contributed by atoms with Crippen molar-refractivity contribution >= 4 is 33.3 Å². The van der Waals surface area contributed by atoms with Crippen molar-refractivity contribution in [2.75, 3.05) is 11.5 Å². The standard InChI is InChI=1S/C17H17N3OS2/c1-9-7-10(2)20-16-12(9)13-14(23-16)17(3-5-22-6-4-17)11(8-18)15(19)21-13/h7H,3-6,19H2,1-2H3. The summed E-state index contributed by atoms with van der Waals surface area (Å²) in [5, 5.41) is 10.7. The van der Waals surface area contributed by atoms with Gasteiger partial charge in [-0.1, -0.05) is 0 Å². The van der Waals surface area contributed by atoms with Gasteiger partial charge < -0.3 is 10.5 Å². The van der Waals surface area contributed by atoms with E-state index in [2.05, 4.69) is 24.0 Å². The molecule has 0 saturated carbocycles. The predicted molar refractivity (Wildman–Crippen MR) is 94.8 cm³/mol. The molecule has 0 unspecified atom stereocenters. The van der Waals surface area contributed by atoms with Crippen molar-refractivity contribution in [3.8, 4) is 11.8 Å². The molecule has 1 fully saturated rings. The van der Waals surface area contributed by atoms with Crippen LogP contribution < -0.4 is 10.5 Å². The quantitative estimate of drug-likeness (QED) is 0.788. The molecule has 0 bridgehead atoms. The molecular formula is C17H17N3OS2. The van der Waals surface area contributed by atoms with Crippen molar-refractivity contribution in [2.45, 2.75) is 32.1 Å². The van der Waals surface area contributed by atoms with Crippen molar-refractivity contribution < 1.29 is 4.74 Å². The molecular weight excluding hydrogens is 326 g/mol. The number of ether oxygens (including phenoxy) is 1. The van der Waals surface area contributed by atoms with Crippen molar-refractivity contribution in [3.05, 3.63) is 33.7 Å². The number of nitrogens with zero attached hydrogens (tertiary/aromatic N) is 2. The maximum Gasteiger partial charge on any atom is 0.205 e. The lowest BCUT2D eigenvalue weighted by molar-refractivity contribution is 0.348. The first-order valence-corrected chi connectivity index (χ1v) is 9.61. The maximum atomic E-state index is 9.69. The fourth-order valence-electron chi connectivity index (χ4n) is 3.69. The summed E-state index contributed by atoms with van der Waals surface area (Å²) in [5.74, 6) is 3.18. The second-order valence-corrected chi connectivity index (χ2v) is 8.39. The van der Waals surface area contributed by atoms with Crippen LogP contribution in [0.1, 0.15) is 29.0 Å². The normalized spacial score (nSPS) is 19.5. The summed E-state index contributed by atoms with van der Waals surface area (Å²) in [6, 6.07) is 4.40. The van der Waals surface area contributed by atoms with Gasteiger partial charge in [0.1, 0.15) is 16.5 Å². The van der Waals surface area contributed by atoms with Gasteiger partial charge in [-0.15, -0.1) is 11.3 Å². The first kappa shape index (κ1) is 14.9. The molecule has 2 aliphatic heterocycles. The molecule has 0 aliphatic carbocycles. The lowest BCUT2D eigenvalue weighted by Gasteiger charge is -2.39. The van der Waals surface area contributed by atoms with Crippen LogP contribution in [-0.2, 0) is 5.41 Å². The smallest absolute Gasteiger partial charge is 0.205 e. The zero-order valence-corrected chi connectivity index (χ0v) is 14.7. The summed E-state index contributed by atoms with van der Waals surface area (Å²) in [7, 11) is 0.